The first kappa shape index (κ1) is 26.5. The van der Waals surface area contributed by atoms with Gasteiger partial charge in [-0.2, -0.15) is 13.7 Å². The zero-order valence-electron chi connectivity index (χ0n) is 18.3. The van der Waals surface area contributed by atoms with Gasteiger partial charge in [-0.15, -0.1) is 0 Å². The molecule has 0 fully saturated rings. The lowest BCUT2D eigenvalue weighted by Gasteiger charge is -2.12. The van der Waals surface area contributed by atoms with Crippen molar-refractivity contribution in [2.75, 3.05) is 12.4 Å². The lowest BCUT2D eigenvalue weighted by Crippen LogP contribution is -2.14. The predicted molar refractivity (Wildman–Crippen MR) is 133 cm³/mol. The van der Waals surface area contributed by atoms with Gasteiger partial charge in [0.15, 0.2) is 11.5 Å². The summed E-state index contributed by atoms with van der Waals surface area (Å²) in [4.78, 5) is 22.8. The minimum absolute atomic E-state index is 0.0300. The van der Waals surface area contributed by atoms with E-state index in [1.807, 2.05) is 0 Å². The number of nitrogens with zero attached hydrogens (tertiary/aromatic N) is 2. The maximum Gasteiger partial charge on any atom is 0.339 e. The Morgan fingerprint density at radius 1 is 1.08 bits per heavy atom. The molecule has 184 valence electrons. The number of hydrogen-bond donors (Lipinski definition) is 1. The molecular weight excluding hydrogens is 533 g/mol. The quantitative estimate of drug-likeness (QED) is 0.132. The average molecular weight is 548 g/mol. The number of nitro benzene ring substituents is 1. The van der Waals surface area contributed by atoms with Crippen molar-refractivity contribution in [1.29, 1.82) is 5.26 Å². The predicted octanol–water partition coefficient (Wildman–Crippen LogP) is 5.22. The number of amides is 1. The molecule has 0 atom stereocenters. The van der Waals surface area contributed by atoms with E-state index in [0.717, 1.165) is 12.1 Å². The van der Waals surface area contributed by atoms with Crippen LogP contribution in [0.2, 0.25) is 10.0 Å². The van der Waals surface area contributed by atoms with Crippen LogP contribution in [0.3, 0.4) is 0 Å². The molecule has 0 heterocycles. The second-order valence-corrected chi connectivity index (χ2v) is 9.29. The fourth-order valence-electron chi connectivity index (χ4n) is 2.88. The number of carbonyl (C=O) groups is 1. The molecule has 0 unspecified atom stereocenters. The molecule has 36 heavy (non-hydrogen) atoms. The van der Waals surface area contributed by atoms with Crippen LogP contribution in [0.25, 0.3) is 6.08 Å². The molecule has 0 saturated carbocycles. The number of rotatable bonds is 8. The van der Waals surface area contributed by atoms with Crippen LogP contribution in [-0.2, 0) is 14.9 Å². The number of carbonyl (C=O) groups excluding carboxylic acids is 1. The third-order valence-electron chi connectivity index (χ3n) is 4.57. The molecule has 10 nitrogen and oxygen atoms in total. The maximum absolute atomic E-state index is 12.6. The van der Waals surface area contributed by atoms with E-state index in [9.17, 15) is 28.6 Å². The van der Waals surface area contributed by atoms with E-state index in [4.69, 9.17) is 32.1 Å². The molecule has 1 N–H and O–H groups in total. The van der Waals surface area contributed by atoms with Crippen molar-refractivity contribution >= 4 is 56.7 Å². The van der Waals surface area contributed by atoms with Gasteiger partial charge in [-0.3, -0.25) is 14.9 Å². The minimum atomic E-state index is -4.13. The Bertz CT molecular complexity index is 1500. The van der Waals surface area contributed by atoms with Crippen molar-refractivity contribution in [2.24, 2.45) is 0 Å². The van der Waals surface area contributed by atoms with Crippen LogP contribution in [0.1, 0.15) is 5.56 Å². The highest BCUT2D eigenvalue weighted by atomic mass is 35.5. The topological polar surface area (TPSA) is 149 Å². The summed E-state index contributed by atoms with van der Waals surface area (Å²) in [5.41, 5.74) is -0.540. The summed E-state index contributed by atoms with van der Waals surface area (Å²) in [5.74, 6) is -0.964. The summed E-state index contributed by atoms with van der Waals surface area (Å²) in [7, 11) is -2.84. The van der Waals surface area contributed by atoms with Crippen LogP contribution >= 0.6 is 23.2 Å². The zero-order valence-corrected chi connectivity index (χ0v) is 20.6. The van der Waals surface area contributed by atoms with Gasteiger partial charge in [0, 0.05) is 12.1 Å². The number of ether oxygens (including phenoxy) is 1. The van der Waals surface area contributed by atoms with Crippen LogP contribution in [0.4, 0.5) is 11.4 Å². The summed E-state index contributed by atoms with van der Waals surface area (Å²) in [5, 5.41) is 22.4. The molecule has 3 rings (SSSR count). The summed E-state index contributed by atoms with van der Waals surface area (Å²) in [6.07, 6.45) is 1.21. The zero-order chi connectivity index (χ0) is 26.5. The van der Waals surface area contributed by atoms with E-state index in [2.05, 4.69) is 5.32 Å². The van der Waals surface area contributed by atoms with Crippen molar-refractivity contribution in [3.63, 3.8) is 0 Å². The Hall–Kier alpha value is -4.11. The molecule has 1 amide bonds. The summed E-state index contributed by atoms with van der Waals surface area (Å²) in [6.45, 7) is 0. The largest absolute Gasteiger partial charge is 0.493 e. The van der Waals surface area contributed by atoms with Crippen LogP contribution in [0, 0.1) is 21.4 Å². The molecule has 13 heteroatoms. The molecule has 0 aliphatic carbocycles. The molecule has 0 bridgehead atoms. The Balaban J connectivity index is 1.87. The van der Waals surface area contributed by atoms with Crippen LogP contribution < -0.4 is 14.2 Å². The molecule has 0 aliphatic rings. The summed E-state index contributed by atoms with van der Waals surface area (Å²) in [6, 6.07) is 15.3. The van der Waals surface area contributed by atoms with Gasteiger partial charge < -0.3 is 14.2 Å². The number of hydrogen-bond acceptors (Lipinski definition) is 8. The van der Waals surface area contributed by atoms with Gasteiger partial charge in [0.25, 0.3) is 11.6 Å². The van der Waals surface area contributed by atoms with E-state index in [1.165, 1.54) is 43.5 Å². The van der Waals surface area contributed by atoms with E-state index < -0.39 is 20.9 Å². The molecular formula is C23H15Cl2N3O7S. The van der Waals surface area contributed by atoms with Crippen LogP contribution in [0.5, 0.6) is 11.5 Å². The number of non-ortho nitro benzene ring substituents is 1. The fourth-order valence-corrected chi connectivity index (χ4v) is 4.41. The number of methoxy groups -OCH3 is 1. The lowest BCUT2D eigenvalue weighted by atomic mass is 10.1. The van der Waals surface area contributed by atoms with Gasteiger partial charge in [0.05, 0.1) is 27.8 Å². The number of anilines is 1. The van der Waals surface area contributed by atoms with Crippen molar-refractivity contribution in [3.05, 3.63) is 92.0 Å². The summed E-state index contributed by atoms with van der Waals surface area (Å²) >= 11 is 12.0. The molecule has 0 radical (unpaired) electrons. The molecule has 3 aromatic carbocycles. The lowest BCUT2D eigenvalue weighted by molar-refractivity contribution is -0.384. The van der Waals surface area contributed by atoms with Crippen molar-refractivity contribution < 1.29 is 27.1 Å². The smallest absolute Gasteiger partial charge is 0.339 e. The van der Waals surface area contributed by atoms with Gasteiger partial charge >= 0.3 is 10.1 Å². The Morgan fingerprint density at radius 2 is 1.72 bits per heavy atom. The first-order valence-corrected chi connectivity index (χ1v) is 12.0. The Morgan fingerprint density at radius 3 is 2.28 bits per heavy atom. The van der Waals surface area contributed by atoms with Gasteiger partial charge in [-0.25, -0.2) is 0 Å². The van der Waals surface area contributed by atoms with E-state index in [0.29, 0.717) is 5.56 Å². The molecule has 0 aromatic heterocycles. The van der Waals surface area contributed by atoms with Gasteiger partial charge in [-0.05, 0) is 35.9 Å². The second-order valence-electron chi connectivity index (χ2n) is 6.93. The monoisotopic (exact) mass is 547 g/mol. The second kappa shape index (κ2) is 11.1. The highest BCUT2D eigenvalue weighted by Crippen LogP contribution is 2.35. The number of halogens is 2. The van der Waals surface area contributed by atoms with Crippen molar-refractivity contribution in [1.82, 2.24) is 0 Å². The van der Waals surface area contributed by atoms with Gasteiger partial charge in [-0.1, -0.05) is 47.5 Å². The molecule has 0 spiro atoms. The number of nitro groups is 1. The molecule has 0 aliphatic heterocycles. The maximum atomic E-state index is 12.6. The molecule has 0 saturated heterocycles. The van der Waals surface area contributed by atoms with Crippen LogP contribution in [-0.4, -0.2) is 26.4 Å². The first-order chi connectivity index (χ1) is 17.1. The SMILES string of the molecule is COc1cc(/C=C(\C#N)C(=O)Nc2c(Cl)cc([N+](=O)[O-])cc2Cl)ccc1OS(=O)(=O)c1ccccc1. The van der Waals surface area contributed by atoms with Crippen molar-refractivity contribution in [3.8, 4) is 17.6 Å². The van der Waals surface area contributed by atoms with E-state index in [-0.39, 0.29) is 43.4 Å². The van der Waals surface area contributed by atoms with Crippen LogP contribution in [0.15, 0.2) is 71.1 Å². The first-order valence-electron chi connectivity index (χ1n) is 9.80. The van der Waals surface area contributed by atoms with Gasteiger partial charge in [0.1, 0.15) is 16.5 Å². The van der Waals surface area contributed by atoms with Crippen molar-refractivity contribution in [2.45, 2.75) is 4.90 Å². The van der Waals surface area contributed by atoms with E-state index >= 15 is 0 Å². The third-order valence-corrected chi connectivity index (χ3v) is 6.42. The number of benzene rings is 3. The third kappa shape index (κ3) is 6.11. The normalized spacial score (nSPS) is 11.3. The standard InChI is InChI=1S/C23H15Cl2N3O7S/c1-34-21-10-14(7-8-20(21)35-36(32,33)17-5-3-2-4-6-17)9-15(13-26)23(29)27-22-18(24)11-16(28(30)31)12-19(22)25/h2-12H,1H3,(H,27,29)/b15-9+. The molecule has 3 aromatic rings. The Kier molecular flexibility index (Phi) is 8.16. The highest BCUT2D eigenvalue weighted by Gasteiger charge is 2.20. The van der Waals surface area contributed by atoms with E-state index in [1.54, 1.807) is 24.3 Å². The number of nitrogens with one attached hydrogen (secondary N) is 1. The average Bonchev–Trinajstić information content (AvgIpc) is 2.85. The number of nitriles is 1. The Labute approximate surface area is 215 Å². The highest BCUT2D eigenvalue weighted by molar-refractivity contribution is 7.87. The summed E-state index contributed by atoms with van der Waals surface area (Å²) < 4.78 is 35.4. The fraction of sp³-hybridized carbons (Fsp3) is 0.0435. The minimum Gasteiger partial charge on any atom is -0.493 e. The van der Waals surface area contributed by atoms with Gasteiger partial charge in [0.2, 0.25) is 0 Å².